The van der Waals surface area contributed by atoms with E-state index >= 15 is 0 Å². The molecule has 0 heterocycles. The second-order valence-electron chi connectivity index (χ2n) is 4.03. The SMILES string of the molecule is COc1cc(C)c(Br)cc1S(=O)(=O)NC(C)C. The lowest BCUT2D eigenvalue weighted by Gasteiger charge is -2.14. The number of hydrogen-bond donors (Lipinski definition) is 1. The Balaban J connectivity index is 3.35. The fourth-order valence-corrected chi connectivity index (χ4v) is 3.30. The highest BCUT2D eigenvalue weighted by Gasteiger charge is 2.21. The summed E-state index contributed by atoms with van der Waals surface area (Å²) in [6.45, 7) is 5.42. The lowest BCUT2D eigenvalue weighted by molar-refractivity contribution is 0.401. The number of rotatable bonds is 4. The molecule has 1 aromatic rings. The summed E-state index contributed by atoms with van der Waals surface area (Å²) in [5.74, 6) is 0.346. The monoisotopic (exact) mass is 321 g/mol. The highest BCUT2D eigenvalue weighted by molar-refractivity contribution is 9.10. The molecule has 0 bridgehead atoms. The van der Waals surface area contributed by atoms with E-state index < -0.39 is 10.0 Å². The van der Waals surface area contributed by atoms with E-state index in [9.17, 15) is 8.42 Å². The molecule has 1 aromatic carbocycles. The van der Waals surface area contributed by atoms with E-state index in [-0.39, 0.29) is 10.9 Å². The van der Waals surface area contributed by atoms with Gasteiger partial charge < -0.3 is 4.74 Å². The standard InChI is InChI=1S/C11H16BrNO3S/c1-7(2)13-17(14,15)11-6-9(12)8(3)5-10(11)16-4/h5-7,13H,1-4H3. The molecule has 0 aliphatic heterocycles. The van der Waals surface area contributed by atoms with Crippen LogP contribution in [0.4, 0.5) is 0 Å². The molecule has 0 radical (unpaired) electrons. The zero-order valence-corrected chi connectivity index (χ0v) is 12.6. The van der Waals surface area contributed by atoms with Gasteiger partial charge >= 0.3 is 0 Å². The molecular weight excluding hydrogens is 306 g/mol. The van der Waals surface area contributed by atoms with Crippen molar-refractivity contribution in [3.63, 3.8) is 0 Å². The Morgan fingerprint density at radius 1 is 1.35 bits per heavy atom. The van der Waals surface area contributed by atoms with E-state index in [2.05, 4.69) is 20.7 Å². The summed E-state index contributed by atoms with van der Waals surface area (Å²) in [5.41, 5.74) is 0.922. The zero-order chi connectivity index (χ0) is 13.2. The summed E-state index contributed by atoms with van der Waals surface area (Å²) < 4.78 is 32.5. The Morgan fingerprint density at radius 3 is 2.41 bits per heavy atom. The molecule has 0 aliphatic carbocycles. The molecule has 1 N–H and O–H groups in total. The molecule has 0 aromatic heterocycles. The number of aryl methyl sites for hydroxylation is 1. The molecule has 17 heavy (non-hydrogen) atoms. The first-order chi connectivity index (χ1) is 7.77. The minimum Gasteiger partial charge on any atom is -0.495 e. The summed E-state index contributed by atoms with van der Waals surface area (Å²) in [7, 11) is -2.09. The third-order valence-electron chi connectivity index (χ3n) is 2.13. The van der Waals surface area contributed by atoms with E-state index in [4.69, 9.17) is 4.74 Å². The fourth-order valence-electron chi connectivity index (χ4n) is 1.38. The van der Waals surface area contributed by atoms with E-state index in [1.54, 1.807) is 26.0 Å². The number of halogens is 1. The van der Waals surface area contributed by atoms with Gasteiger partial charge in [-0.1, -0.05) is 15.9 Å². The van der Waals surface area contributed by atoms with Crippen LogP contribution in [0.5, 0.6) is 5.75 Å². The Bertz CT molecular complexity index is 512. The van der Waals surface area contributed by atoms with Crippen molar-refractivity contribution >= 4 is 26.0 Å². The predicted molar refractivity (Wildman–Crippen MR) is 70.9 cm³/mol. The van der Waals surface area contributed by atoms with Gasteiger partial charge in [0, 0.05) is 10.5 Å². The topological polar surface area (TPSA) is 55.4 Å². The van der Waals surface area contributed by atoms with Gasteiger partial charge in [-0.15, -0.1) is 0 Å². The van der Waals surface area contributed by atoms with Crippen molar-refractivity contribution in [1.29, 1.82) is 0 Å². The number of benzene rings is 1. The van der Waals surface area contributed by atoms with Crippen molar-refractivity contribution in [2.75, 3.05) is 7.11 Å². The smallest absolute Gasteiger partial charge is 0.244 e. The largest absolute Gasteiger partial charge is 0.495 e. The van der Waals surface area contributed by atoms with E-state index in [0.29, 0.717) is 5.75 Å². The minimum absolute atomic E-state index is 0.145. The molecular formula is C11H16BrNO3S. The second kappa shape index (κ2) is 5.37. The van der Waals surface area contributed by atoms with Gasteiger partial charge in [-0.25, -0.2) is 13.1 Å². The average Bonchev–Trinajstić information content (AvgIpc) is 2.19. The van der Waals surface area contributed by atoms with Gasteiger partial charge in [0.1, 0.15) is 10.6 Å². The van der Waals surface area contributed by atoms with Crippen LogP contribution in [-0.2, 0) is 10.0 Å². The molecule has 0 fully saturated rings. The number of methoxy groups -OCH3 is 1. The number of nitrogens with one attached hydrogen (secondary N) is 1. The summed E-state index contributed by atoms with van der Waals surface area (Å²) in [4.78, 5) is 0.145. The van der Waals surface area contributed by atoms with Crippen molar-refractivity contribution in [2.45, 2.75) is 31.7 Å². The van der Waals surface area contributed by atoms with Crippen molar-refractivity contribution in [3.8, 4) is 5.75 Å². The second-order valence-corrected chi connectivity index (χ2v) is 6.56. The zero-order valence-electron chi connectivity index (χ0n) is 10.2. The third kappa shape index (κ3) is 3.43. The fraction of sp³-hybridized carbons (Fsp3) is 0.455. The van der Waals surface area contributed by atoms with Gasteiger partial charge in [0.2, 0.25) is 10.0 Å². The van der Waals surface area contributed by atoms with Crippen LogP contribution in [0.3, 0.4) is 0 Å². The lowest BCUT2D eigenvalue weighted by atomic mass is 10.2. The summed E-state index contributed by atoms with van der Waals surface area (Å²) >= 11 is 3.32. The first-order valence-electron chi connectivity index (χ1n) is 5.14. The molecule has 0 atom stereocenters. The maximum absolute atomic E-state index is 12.1. The van der Waals surface area contributed by atoms with Crippen LogP contribution >= 0.6 is 15.9 Å². The van der Waals surface area contributed by atoms with Crippen molar-refractivity contribution in [3.05, 3.63) is 22.2 Å². The molecule has 6 heteroatoms. The molecule has 4 nitrogen and oxygen atoms in total. The highest BCUT2D eigenvalue weighted by atomic mass is 79.9. The Kier molecular flexibility index (Phi) is 4.57. The molecule has 0 saturated carbocycles. The summed E-state index contributed by atoms with van der Waals surface area (Å²) in [6, 6.07) is 3.09. The molecule has 96 valence electrons. The quantitative estimate of drug-likeness (QED) is 0.926. The molecule has 0 aliphatic rings. The molecule has 0 saturated heterocycles. The summed E-state index contributed by atoms with van der Waals surface area (Å²) in [5, 5.41) is 0. The van der Waals surface area contributed by atoms with Gasteiger partial charge in [-0.3, -0.25) is 0 Å². The van der Waals surface area contributed by atoms with Crippen molar-refractivity contribution in [1.82, 2.24) is 4.72 Å². The van der Waals surface area contributed by atoms with E-state index in [0.717, 1.165) is 10.0 Å². The maximum Gasteiger partial charge on any atom is 0.244 e. The van der Waals surface area contributed by atoms with Crippen LogP contribution in [0.15, 0.2) is 21.5 Å². The van der Waals surface area contributed by atoms with Crippen LogP contribution < -0.4 is 9.46 Å². The van der Waals surface area contributed by atoms with Gasteiger partial charge in [-0.2, -0.15) is 0 Å². The number of hydrogen-bond acceptors (Lipinski definition) is 3. The lowest BCUT2D eigenvalue weighted by Crippen LogP contribution is -2.30. The van der Waals surface area contributed by atoms with Crippen molar-refractivity contribution in [2.24, 2.45) is 0 Å². The predicted octanol–water partition coefficient (Wildman–Crippen LogP) is 2.45. The first kappa shape index (κ1) is 14.5. The first-order valence-corrected chi connectivity index (χ1v) is 7.42. The Labute approximate surface area is 111 Å². The van der Waals surface area contributed by atoms with E-state index in [1.165, 1.54) is 7.11 Å². The third-order valence-corrected chi connectivity index (χ3v) is 4.66. The van der Waals surface area contributed by atoms with E-state index in [1.807, 2.05) is 6.92 Å². The van der Waals surface area contributed by atoms with Gasteiger partial charge in [0.05, 0.1) is 7.11 Å². The van der Waals surface area contributed by atoms with Crippen LogP contribution in [0.25, 0.3) is 0 Å². The molecule has 1 rings (SSSR count). The minimum atomic E-state index is -3.55. The molecule has 0 spiro atoms. The van der Waals surface area contributed by atoms with Crippen LogP contribution in [0, 0.1) is 6.92 Å². The molecule has 0 unspecified atom stereocenters. The normalized spacial score (nSPS) is 11.9. The van der Waals surface area contributed by atoms with Gasteiger partial charge in [-0.05, 0) is 38.5 Å². The van der Waals surface area contributed by atoms with Crippen LogP contribution in [-0.4, -0.2) is 21.6 Å². The number of ether oxygens (including phenoxy) is 1. The Morgan fingerprint density at radius 2 is 1.94 bits per heavy atom. The van der Waals surface area contributed by atoms with Crippen LogP contribution in [0.2, 0.25) is 0 Å². The highest BCUT2D eigenvalue weighted by Crippen LogP contribution is 2.30. The van der Waals surface area contributed by atoms with Crippen molar-refractivity contribution < 1.29 is 13.2 Å². The maximum atomic E-state index is 12.1. The van der Waals surface area contributed by atoms with Gasteiger partial charge in [0.25, 0.3) is 0 Å². The Hall–Kier alpha value is -0.590. The van der Waals surface area contributed by atoms with Gasteiger partial charge in [0.15, 0.2) is 0 Å². The van der Waals surface area contributed by atoms with Crippen LogP contribution in [0.1, 0.15) is 19.4 Å². The molecule has 0 amide bonds. The average molecular weight is 322 g/mol. The number of sulfonamides is 1. The summed E-state index contributed by atoms with van der Waals surface area (Å²) in [6.07, 6.45) is 0.